The molecule has 0 aliphatic carbocycles. The molecular weight excluding hydrogens is 257 g/mol. The molecule has 0 atom stereocenters. The van der Waals surface area contributed by atoms with Crippen LogP contribution in [-0.2, 0) is 11.3 Å². The van der Waals surface area contributed by atoms with E-state index < -0.39 is 6.36 Å². The Kier molecular flexibility index (Phi) is 7.52. The van der Waals surface area contributed by atoms with Gasteiger partial charge in [-0.25, -0.2) is 0 Å². The number of alkyl halides is 3. The van der Waals surface area contributed by atoms with Crippen LogP contribution in [0.15, 0.2) is 18.2 Å². The lowest BCUT2D eigenvalue weighted by Gasteiger charge is -2.16. The Morgan fingerprint density at radius 2 is 1.74 bits per heavy atom. The summed E-state index contributed by atoms with van der Waals surface area (Å²) in [5, 5.41) is 0. The lowest BCUT2D eigenvalue weighted by Crippen LogP contribution is -2.18. The Labute approximate surface area is 112 Å². The number of ether oxygens (including phenoxy) is 2. The zero-order valence-electron chi connectivity index (χ0n) is 12.0. The molecule has 0 radical (unpaired) electrons. The molecule has 0 saturated heterocycles. The first-order valence-corrected chi connectivity index (χ1v) is 6.21. The first-order chi connectivity index (χ1) is 8.83. The van der Waals surface area contributed by atoms with Crippen LogP contribution in [0.1, 0.15) is 44.7 Å². The molecule has 110 valence electrons. The molecule has 0 aromatic heterocycles. The van der Waals surface area contributed by atoms with Crippen molar-refractivity contribution in [2.75, 3.05) is 7.11 Å². The van der Waals surface area contributed by atoms with Crippen molar-refractivity contribution in [3.63, 3.8) is 0 Å². The molecular formula is C14H21F3O2. The normalized spacial score (nSPS) is 11.0. The lowest BCUT2D eigenvalue weighted by atomic mass is 10.00. The predicted octanol–water partition coefficient (Wildman–Crippen LogP) is 4.88. The average molecular weight is 278 g/mol. The summed E-state index contributed by atoms with van der Waals surface area (Å²) in [6, 6.07) is 4.57. The SMILES string of the molecule is CC.COCc1ccc(OC(F)(F)F)c(C(C)C)c1. The van der Waals surface area contributed by atoms with Crippen molar-refractivity contribution < 1.29 is 22.6 Å². The Morgan fingerprint density at radius 3 is 2.16 bits per heavy atom. The van der Waals surface area contributed by atoms with Gasteiger partial charge in [-0.2, -0.15) is 0 Å². The summed E-state index contributed by atoms with van der Waals surface area (Å²) in [5.74, 6) is -0.198. The van der Waals surface area contributed by atoms with E-state index in [1.807, 2.05) is 27.7 Å². The van der Waals surface area contributed by atoms with E-state index in [-0.39, 0.29) is 11.7 Å². The van der Waals surface area contributed by atoms with Gasteiger partial charge in [0.25, 0.3) is 0 Å². The smallest absolute Gasteiger partial charge is 0.405 e. The van der Waals surface area contributed by atoms with Crippen molar-refractivity contribution in [2.45, 2.75) is 46.6 Å². The summed E-state index contributed by atoms with van der Waals surface area (Å²) < 4.78 is 45.5. The molecule has 0 N–H and O–H groups in total. The highest BCUT2D eigenvalue weighted by molar-refractivity contribution is 5.39. The van der Waals surface area contributed by atoms with E-state index in [0.717, 1.165) is 5.56 Å². The minimum Gasteiger partial charge on any atom is -0.405 e. The maximum absolute atomic E-state index is 12.2. The molecule has 0 fully saturated rings. The van der Waals surface area contributed by atoms with Gasteiger partial charge in [0.1, 0.15) is 5.75 Å². The van der Waals surface area contributed by atoms with Gasteiger partial charge in [0, 0.05) is 7.11 Å². The summed E-state index contributed by atoms with van der Waals surface area (Å²) in [7, 11) is 1.54. The summed E-state index contributed by atoms with van der Waals surface area (Å²) in [5.41, 5.74) is 1.35. The molecule has 1 rings (SSSR count). The second kappa shape index (κ2) is 8.04. The van der Waals surface area contributed by atoms with Gasteiger partial charge < -0.3 is 9.47 Å². The van der Waals surface area contributed by atoms with Crippen molar-refractivity contribution >= 4 is 0 Å². The topological polar surface area (TPSA) is 18.5 Å². The zero-order chi connectivity index (χ0) is 15.1. The third-order valence-electron chi connectivity index (χ3n) is 2.23. The monoisotopic (exact) mass is 278 g/mol. The summed E-state index contributed by atoms with van der Waals surface area (Å²) in [6.45, 7) is 8.00. The maximum Gasteiger partial charge on any atom is 0.573 e. The van der Waals surface area contributed by atoms with Gasteiger partial charge in [-0.15, -0.1) is 13.2 Å². The molecule has 0 aliphatic heterocycles. The molecule has 1 aromatic carbocycles. The van der Waals surface area contributed by atoms with Crippen LogP contribution in [-0.4, -0.2) is 13.5 Å². The minimum absolute atomic E-state index is 0.0517. The fraction of sp³-hybridized carbons (Fsp3) is 0.571. The van der Waals surface area contributed by atoms with Gasteiger partial charge in [-0.05, 0) is 29.2 Å². The van der Waals surface area contributed by atoms with Crippen LogP contribution in [0.3, 0.4) is 0 Å². The van der Waals surface area contributed by atoms with Crippen LogP contribution in [0, 0.1) is 0 Å². The molecule has 0 spiro atoms. The van der Waals surface area contributed by atoms with Gasteiger partial charge in [0.05, 0.1) is 6.61 Å². The van der Waals surface area contributed by atoms with Crippen LogP contribution >= 0.6 is 0 Å². The molecule has 0 unspecified atom stereocenters. The highest BCUT2D eigenvalue weighted by Crippen LogP contribution is 2.32. The average Bonchev–Trinajstić information content (AvgIpc) is 2.32. The Bertz CT molecular complexity index is 373. The zero-order valence-corrected chi connectivity index (χ0v) is 12.0. The van der Waals surface area contributed by atoms with E-state index in [1.165, 1.54) is 13.2 Å². The second-order valence-corrected chi connectivity index (χ2v) is 4.01. The summed E-state index contributed by atoms with van der Waals surface area (Å²) >= 11 is 0. The van der Waals surface area contributed by atoms with E-state index in [9.17, 15) is 13.2 Å². The highest BCUT2D eigenvalue weighted by atomic mass is 19.4. The number of methoxy groups -OCH3 is 1. The number of rotatable bonds is 4. The standard InChI is InChI=1S/C12H15F3O2.C2H6/c1-8(2)10-6-9(7-16-3)4-5-11(10)17-12(13,14)15;1-2/h4-6,8H,7H2,1-3H3;1-2H3. The molecule has 19 heavy (non-hydrogen) atoms. The van der Waals surface area contributed by atoms with Crippen LogP contribution in [0.25, 0.3) is 0 Å². The molecule has 1 aromatic rings. The fourth-order valence-corrected chi connectivity index (χ4v) is 1.52. The van der Waals surface area contributed by atoms with E-state index in [1.54, 1.807) is 12.1 Å². The Morgan fingerprint density at radius 1 is 1.16 bits per heavy atom. The number of benzene rings is 1. The fourth-order valence-electron chi connectivity index (χ4n) is 1.52. The van der Waals surface area contributed by atoms with Crippen LogP contribution in [0.2, 0.25) is 0 Å². The molecule has 0 bridgehead atoms. The van der Waals surface area contributed by atoms with Crippen molar-refractivity contribution in [1.82, 2.24) is 0 Å². The van der Waals surface area contributed by atoms with Gasteiger partial charge in [0.2, 0.25) is 0 Å². The van der Waals surface area contributed by atoms with Crippen molar-refractivity contribution in [1.29, 1.82) is 0 Å². The van der Waals surface area contributed by atoms with Gasteiger partial charge in [-0.3, -0.25) is 0 Å². The first-order valence-electron chi connectivity index (χ1n) is 6.21. The maximum atomic E-state index is 12.2. The Hall–Kier alpha value is -1.23. The molecule has 0 aliphatic rings. The molecule has 0 saturated carbocycles. The molecule has 5 heteroatoms. The van der Waals surface area contributed by atoms with Crippen LogP contribution in [0.5, 0.6) is 5.75 Å². The largest absolute Gasteiger partial charge is 0.573 e. The quantitative estimate of drug-likeness (QED) is 0.781. The van der Waals surface area contributed by atoms with E-state index in [2.05, 4.69) is 4.74 Å². The van der Waals surface area contributed by atoms with Gasteiger partial charge >= 0.3 is 6.36 Å². The second-order valence-electron chi connectivity index (χ2n) is 4.01. The van der Waals surface area contributed by atoms with E-state index in [4.69, 9.17) is 4.74 Å². The molecule has 0 amide bonds. The van der Waals surface area contributed by atoms with Crippen molar-refractivity contribution in [3.05, 3.63) is 29.3 Å². The van der Waals surface area contributed by atoms with Crippen LogP contribution in [0.4, 0.5) is 13.2 Å². The highest BCUT2D eigenvalue weighted by Gasteiger charge is 2.32. The lowest BCUT2D eigenvalue weighted by molar-refractivity contribution is -0.274. The molecule has 0 heterocycles. The van der Waals surface area contributed by atoms with Gasteiger partial charge in [0.15, 0.2) is 0 Å². The third kappa shape index (κ3) is 6.47. The van der Waals surface area contributed by atoms with Gasteiger partial charge in [-0.1, -0.05) is 33.8 Å². The number of hydrogen-bond donors (Lipinski definition) is 0. The summed E-state index contributed by atoms with van der Waals surface area (Å²) in [4.78, 5) is 0. The minimum atomic E-state index is -4.66. The summed E-state index contributed by atoms with van der Waals surface area (Å²) in [6.07, 6.45) is -4.66. The van der Waals surface area contributed by atoms with Crippen molar-refractivity contribution in [2.24, 2.45) is 0 Å². The van der Waals surface area contributed by atoms with Crippen molar-refractivity contribution in [3.8, 4) is 5.75 Å². The number of halogens is 3. The van der Waals surface area contributed by atoms with E-state index in [0.29, 0.717) is 12.2 Å². The third-order valence-corrected chi connectivity index (χ3v) is 2.23. The first kappa shape index (κ1) is 17.8. The Balaban J connectivity index is 0.00000154. The molecule has 2 nitrogen and oxygen atoms in total. The predicted molar refractivity (Wildman–Crippen MR) is 69.3 cm³/mol. The number of hydrogen-bond acceptors (Lipinski definition) is 2. The van der Waals surface area contributed by atoms with E-state index >= 15 is 0 Å². The van der Waals surface area contributed by atoms with Crippen LogP contribution < -0.4 is 4.74 Å².